The molecule has 0 bridgehead atoms. The standard InChI is InChI=1S/C30H39N5O/c1-7-23(20-35(5)6)24-9-8-10-25(16-24)29-33-19-28(26(18-31-4)15-21(2)3)30(34-29)32-17-22-11-13-27(36)14-12-22/h7-10,15-16,18-20,22,27,36H,1-2,11-14,17H2,3-6H3,(H,32,33,34)/b23-20+,26-15+,31-18?. The van der Waals surface area contributed by atoms with Crippen LogP contribution in [0.4, 0.5) is 5.82 Å². The van der Waals surface area contributed by atoms with E-state index in [0.717, 1.165) is 71.5 Å². The predicted molar refractivity (Wildman–Crippen MR) is 153 cm³/mol. The van der Waals surface area contributed by atoms with Gasteiger partial charge < -0.3 is 15.3 Å². The molecule has 0 aliphatic heterocycles. The first-order chi connectivity index (χ1) is 17.3. The van der Waals surface area contributed by atoms with E-state index in [1.54, 1.807) is 7.05 Å². The van der Waals surface area contributed by atoms with E-state index in [1.807, 2.05) is 68.8 Å². The molecule has 0 atom stereocenters. The lowest BCUT2D eigenvalue weighted by molar-refractivity contribution is 0.111. The summed E-state index contributed by atoms with van der Waals surface area (Å²) in [5.41, 5.74) is 5.75. The second-order valence-corrected chi connectivity index (χ2v) is 9.68. The molecule has 0 radical (unpaired) electrons. The predicted octanol–water partition coefficient (Wildman–Crippen LogP) is 5.86. The van der Waals surface area contributed by atoms with Crippen LogP contribution in [0, 0.1) is 5.92 Å². The SMILES string of the molecule is C=C/C(=C\N(C)C)c1cccc(-c2ncc(/C(C=NC)=C/C(=C)C)c(NCC3CCC(O)CC3)n2)c1. The van der Waals surface area contributed by atoms with Crippen LogP contribution in [0.3, 0.4) is 0 Å². The fourth-order valence-electron chi connectivity index (χ4n) is 4.41. The third kappa shape index (κ3) is 7.49. The lowest BCUT2D eigenvalue weighted by atomic mass is 9.87. The van der Waals surface area contributed by atoms with E-state index in [2.05, 4.69) is 35.6 Å². The Hall–Kier alpha value is -3.51. The number of aromatic nitrogens is 2. The van der Waals surface area contributed by atoms with Crippen LogP contribution in [0.5, 0.6) is 0 Å². The molecule has 1 aliphatic rings. The number of aliphatic imine (C=N–C) groups is 1. The fraction of sp³-hybridized carbons (Fsp3) is 0.367. The van der Waals surface area contributed by atoms with Crippen molar-refractivity contribution >= 4 is 23.2 Å². The molecular formula is C30H39N5O. The van der Waals surface area contributed by atoms with E-state index >= 15 is 0 Å². The highest BCUT2D eigenvalue weighted by molar-refractivity contribution is 6.12. The van der Waals surface area contributed by atoms with Crippen LogP contribution in [0.15, 0.2) is 72.5 Å². The van der Waals surface area contributed by atoms with Gasteiger partial charge in [0.2, 0.25) is 0 Å². The summed E-state index contributed by atoms with van der Waals surface area (Å²) in [6, 6.07) is 8.21. The maximum atomic E-state index is 9.88. The molecule has 3 rings (SSSR count). The Balaban J connectivity index is 2.01. The van der Waals surface area contributed by atoms with Crippen LogP contribution in [0.25, 0.3) is 22.5 Å². The Morgan fingerprint density at radius 1 is 1.22 bits per heavy atom. The highest BCUT2D eigenvalue weighted by Crippen LogP contribution is 2.29. The number of nitrogens with one attached hydrogen (secondary N) is 1. The molecule has 6 nitrogen and oxygen atoms in total. The Morgan fingerprint density at radius 3 is 2.61 bits per heavy atom. The average Bonchev–Trinajstić information content (AvgIpc) is 2.86. The molecule has 36 heavy (non-hydrogen) atoms. The number of nitrogens with zero attached hydrogens (tertiary/aromatic N) is 4. The van der Waals surface area contributed by atoms with E-state index in [9.17, 15) is 5.11 Å². The third-order valence-electron chi connectivity index (χ3n) is 6.22. The molecule has 190 valence electrons. The molecule has 6 heteroatoms. The summed E-state index contributed by atoms with van der Waals surface area (Å²) < 4.78 is 0. The van der Waals surface area contributed by atoms with Crippen LogP contribution in [-0.2, 0) is 0 Å². The summed E-state index contributed by atoms with van der Waals surface area (Å²) in [4.78, 5) is 16.0. The molecular weight excluding hydrogens is 446 g/mol. The van der Waals surface area contributed by atoms with Crippen LogP contribution < -0.4 is 5.32 Å². The Bertz CT molecular complexity index is 1150. The normalized spacial score (nSPS) is 18.8. The number of aliphatic hydroxyl groups is 1. The molecule has 0 amide bonds. The smallest absolute Gasteiger partial charge is 0.161 e. The molecule has 2 aromatic rings. The molecule has 1 aromatic heterocycles. The van der Waals surface area contributed by atoms with Gasteiger partial charge in [-0.05, 0) is 55.7 Å². The molecule has 1 aromatic carbocycles. The number of anilines is 1. The van der Waals surface area contributed by atoms with Crippen molar-refractivity contribution in [2.45, 2.75) is 38.7 Å². The van der Waals surface area contributed by atoms with Crippen molar-refractivity contribution in [3.8, 4) is 11.4 Å². The summed E-state index contributed by atoms with van der Waals surface area (Å²) >= 11 is 0. The van der Waals surface area contributed by atoms with Crippen molar-refractivity contribution in [2.75, 3.05) is 33.0 Å². The van der Waals surface area contributed by atoms with Gasteiger partial charge in [0.25, 0.3) is 0 Å². The summed E-state index contributed by atoms with van der Waals surface area (Å²) in [5.74, 6) is 1.93. The number of hydrogen-bond donors (Lipinski definition) is 2. The van der Waals surface area contributed by atoms with Gasteiger partial charge in [0, 0.05) is 63.0 Å². The van der Waals surface area contributed by atoms with E-state index < -0.39 is 0 Å². The monoisotopic (exact) mass is 485 g/mol. The Morgan fingerprint density at radius 2 is 1.97 bits per heavy atom. The first kappa shape index (κ1) is 27.1. The molecule has 1 aliphatic carbocycles. The Labute approximate surface area is 215 Å². The minimum absolute atomic E-state index is 0.164. The lowest BCUT2D eigenvalue weighted by Crippen LogP contribution is -2.24. The summed E-state index contributed by atoms with van der Waals surface area (Å²) in [7, 11) is 5.75. The minimum atomic E-state index is -0.164. The molecule has 0 saturated heterocycles. The first-order valence-corrected chi connectivity index (χ1v) is 12.5. The van der Waals surface area contributed by atoms with Gasteiger partial charge in [-0.3, -0.25) is 4.99 Å². The third-order valence-corrected chi connectivity index (χ3v) is 6.22. The topological polar surface area (TPSA) is 73.6 Å². The van der Waals surface area contributed by atoms with Gasteiger partial charge in [-0.25, -0.2) is 9.97 Å². The van der Waals surface area contributed by atoms with Crippen molar-refractivity contribution in [1.82, 2.24) is 14.9 Å². The number of rotatable bonds is 10. The summed E-state index contributed by atoms with van der Waals surface area (Å²) in [6.07, 6.45) is 13.2. The largest absolute Gasteiger partial charge is 0.393 e. The average molecular weight is 486 g/mol. The van der Waals surface area contributed by atoms with Crippen molar-refractivity contribution < 1.29 is 5.11 Å². The molecule has 1 saturated carbocycles. The van der Waals surface area contributed by atoms with Gasteiger partial charge in [0.15, 0.2) is 5.82 Å². The van der Waals surface area contributed by atoms with Crippen molar-refractivity contribution in [3.63, 3.8) is 0 Å². The van der Waals surface area contributed by atoms with Crippen LogP contribution >= 0.6 is 0 Å². The number of aliphatic hydroxyl groups excluding tert-OH is 1. The molecule has 1 heterocycles. The highest BCUT2D eigenvalue weighted by atomic mass is 16.3. The second kappa shape index (κ2) is 13.0. The summed E-state index contributed by atoms with van der Waals surface area (Å²) in [6.45, 7) is 10.8. The first-order valence-electron chi connectivity index (χ1n) is 12.5. The van der Waals surface area contributed by atoms with Crippen molar-refractivity contribution in [2.24, 2.45) is 10.9 Å². The fourth-order valence-corrected chi connectivity index (χ4v) is 4.41. The number of benzene rings is 1. The Kier molecular flexibility index (Phi) is 9.77. The lowest BCUT2D eigenvalue weighted by Gasteiger charge is -2.26. The van der Waals surface area contributed by atoms with Gasteiger partial charge in [0.1, 0.15) is 5.82 Å². The van der Waals surface area contributed by atoms with Gasteiger partial charge in [0.05, 0.1) is 6.10 Å². The highest BCUT2D eigenvalue weighted by Gasteiger charge is 2.20. The van der Waals surface area contributed by atoms with Gasteiger partial charge in [-0.15, -0.1) is 0 Å². The zero-order valence-corrected chi connectivity index (χ0v) is 22.0. The summed E-state index contributed by atoms with van der Waals surface area (Å²) in [5, 5.41) is 13.5. The van der Waals surface area contributed by atoms with Crippen molar-refractivity contribution in [1.29, 1.82) is 0 Å². The molecule has 0 spiro atoms. The molecule has 1 fully saturated rings. The van der Waals surface area contributed by atoms with Crippen LogP contribution in [0.2, 0.25) is 0 Å². The number of hydrogen-bond acceptors (Lipinski definition) is 6. The van der Waals surface area contributed by atoms with E-state index in [0.29, 0.717) is 11.7 Å². The van der Waals surface area contributed by atoms with E-state index in [1.165, 1.54) is 0 Å². The van der Waals surface area contributed by atoms with Crippen LogP contribution in [0.1, 0.15) is 43.7 Å². The minimum Gasteiger partial charge on any atom is -0.393 e. The van der Waals surface area contributed by atoms with Gasteiger partial charge in [-0.2, -0.15) is 0 Å². The zero-order chi connectivity index (χ0) is 26.1. The maximum Gasteiger partial charge on any atom is 0.161 e. The maximum absolute atomic E-state index is 9.88. The van der Waals surface area contributed by atoms with Gasteiger partial charge in [-0.1, -0.05) is 49.1 Å². The quantitative estimate of drug-likeness (QED) is 0.326. The zero-order valence-electron chi connectivity index (χ0n) is 22.0. The van der Waals surface area contributed by atoms with E-state index in [4.69, 9.17) is 9.97 Å². The van der Waals surface area contributed by atoms with E-state index in [-0.39, 0.29) is 6.10 Å². The number of allylic oxidation sites excluding steroid dienone is 5. The van der Waals surface area contributed by atoms with Crippen molar-refractivity contribution in [3.05, 3.63) is 78.7 Å². The van der Waals surface area contributed by atoms with Gasteiger partial charge >= 0.3 is 0 Å². The second-order valence-electron chi connectivity index (χ2n) is 9.68. The molecule has 0 unspecified atom stereocenters. The molecule has 2 N–H and O–H groups in total. The van der Waals surface area contributed by atoms with Crippen LogP contribution in [-0.4, -0.2) is 60.0 Å².